The summed E-state index contributed by atoms with van der Waals surface area (Å²) in [6.07, 6.45) is 0.875. The molecule has 0 bridgehead atoms. The molecule has 0 heterocycles. The minimum Gasteiger partial charge on any atom is -0.484 e. The summed E-state index contributed by atoms with van der Waals surface area (Å²) < 4.78 is 5.30. The number of hydrogen-bond donors (Lipinski definition) is 1. The van der Waals surface area contributed by atoms with Gasteiger partial charge >= 0.3 is 0 Å². The van der Waals surface area contributed by atoms with Crippen LogP contribution in [-0.4, -0.2) is 18.2 Å². The minimum absolute atomic E-state index is 0.0253. The highest BCUT2D eigenvalue weighted by atomic mass is 16.5. The number of benzene rings is 1. The number of hydrazone groups is 1. The maximum Gasteiger partial charge on any atom is 0.277 e. The number of ether oxygens (including phenoxy) is 1. The van der Waals surface area contributed by atoms with Crippen LogP contribution in [0.2, 0.25) is 0 Å². The van der Waals surface area contributed by atoms with Crippen molar-refractivity contribution in [3.8, 4) is 5.75 Å². The molecule has 0 aromatic heterocycles. The number of nitrogens with one attached hydrogen (secondary N) is 1. The molecule has 0 aliphatic heterocycles. The molecular weight excluding hydrogens is 228 g/mol. The Morgan fingerprint density at radius 2 is 2.00 bits per heavy atom. The predicted molar refractivity (Wildman–Crippen MR) is 72.6 cm³/mol. The van der Waals surface area contributed by atoms with Gasteiger partial charge in [0.15, 0.2) is 6.61 Å². The Bertz CT molecular complexity index is 400. The van der Waals surface area contributed by atoms with Crippen LogP contribution in [0, 0.1) is 5.92 Å². The fourth-order valence-corrected chi connectivity index (χ4v) is 1.49. The lowest BCUT2D eigenvalue weighted by Crippen LogP contribution is -2.25. The van der Waals surface area contributed by atoms with E-state index in [9.17, 15) is 4.79 Å². The van der Waals surface area contributed by atoms with Gasteiger partial charge in [0, 0.05) is 5.71 Å². The zero-order valence-electron chi connectivity index (χ0n) is 11.1. The summed E-state index contributed by atoms with van der Waals surface area (Å²) in [5.41, 5.74) is 3.40. The van der Waals surface area contributed by atoms with Gasteiger partial charge in [-0.2, -0.15) is 5.10 Å². The van der Waals surface area contributed by atoms with E-state index in [2.05, 4.69) is 24.4 Å². The summed E-state index contributed by atoms with van der Waals surface area (Å²) in [7, 11) is 0. The molecule has 1 aromatic rings. The standard InChI is InChI=1S/C14H20N2O2/c1-11(2)9-12(3)15-16-14(17)10-18-13-7-5-4-6-8-13/h4-8,11H,9-10H2,1-3H3,(H,16,17). The summed E-state index contributed by atoms with van der Waals surface area (Å²) in [6, 6.07) is 9.23. The second-order valence-corrected chi connectivity index (χ2v) is 4.58. The van der Waals surface area contributed by atoms with Crippen LogP contribution in [0.4, 0.5) is 0 Å². The van der Waals surface area contributed by atoms with E-state index in [0.29, 0.717) is 11.7 Å². The fraction of sp³-hybridized carbons (Fsp3) is 0.429. The quantitative estimate of drug-likeness (QED) is 0.621. The van der Waals surface area contributed by atoms with E-state index < -0.39 is 0 Å². The molecule has 0 saturated carbocycles. The highest BCUT2D eigenvalue weighted by molar-refractivity contribution is 5.84. The van der Waals surface area contributed by atoms with Crippen molar-refractivity contribution in [3.63, 3.8) is 0 Å². The maximum atomic E-state index is 11.5. The van der Waals surface area contributed by atoms with Crippen molar-refractivity contribution in [1.82, 2.24) is 5.43 Å². The van der Waals surface area contributed by atoms with E-state index in [4.69, 9.17) is 4.74 Å². The number of amides is 1. The van der Waals surface area contributed by atoms with E-state index in [1.807, 2.05) is 25.1 Å². The van der Waals surface area contributed by atoms with Gasteiger partial charge in [-0.05, 0) is 31.4 Å². The molecule has 0 fully saturated rings. The van der Waals surface area contributed by atoms with Gasteiger partial charge < -0.3 is 4.74 Å². The summed E-state index contributed by atoms with van der Waals surface area (Å²) >= 11 is 0. The number of hydrogen-bond acceptors (Lipinski definition) is 3. The zero-order chi connectivity index (χ0) is 13.4. The van der Waals surface area contributed by atoms with Crippen molar-refractivity contribution < 1.29 is 9.53 Å². The minimum atomic E-state index is -0.248. The lowest BCUT2D eigenvalue weighted by molar-refractivity contribution is -0.123. The molecule has 0 spiro atoms. The summed E-state index contributed by atoms with van der Waals surface area (Å²) in [6.45, 7) is 6.10. The summed E-state index contributed by atoms with van der Waals surface area (Å²) in [5.74, 6) is 0.962. The van der Waals surface area contributed by atoms with Crippen molar-refractivity contribution in [1.29, 1.82) is 0 Å². The molecule has 98 valence electrons. The predicted octanol–water partition coefficient (Wildman–Crippen LogP) is 2.60. The van der Waals surface area contributed by atoms with Crippen LogP contribution in [0.3, 0.4) is 0 Å². The molecule has 1 N–H and O–H groups in total. The monoisotopic (exact) mass is 248 g/mol. The Balaban J connectivity index is 2.30. The van der Waals surface area contributed by atoms with Gasteiger partial charge in [-0.25, -0.2) is 5.43 Å². The molecule has 0 aliphatic carbocycles. The van der Waals surface area contributed by atoms with Gasteiger partial charge in [0.25, 0.3) is 5.91 Å². The van der Waals surface area contributed by atoms with Gasteiger partial charge in [0.2, 0.25) is 0 Å². The molecular formula is C14H20N2O2. The van der Waals surface area contributed by atoms with E-state index in [1.165, 1.54) is 0 Å². The van der Waals surface area contributed by atoms with Crippen LogP contribution in [-0.2, 0) is 4.79 Å². The largest absolute Gasteiger partial charge is 0.484 e. The molecule has 0 radical (unpaired) electrons. The zero-order valence-corrected chi connectivity index (χ0v) is 11.1. The third-order valence-electron chi connectivity index (χ3n) is 2.19. The average molecular weight is 248 g/mol. The van der Waals surface area contributed by atoms with E-state index in [0.717, 1.165) is 12.1 Å². The lowest BCUT2D eigenvalue weighted by Gasteiger charge is -2.06. The summed E-state index contributed by atoms with van der Waals surface area (Å²) in [5, 5.41) is 4.01. The number of rotatable bonds is 6. The molecule has 4 nitrogen and oxygen atoms in total. The van der Waals surface area contributed by atoms with Gasteiger partial charge in [-0.15, -0.1) is 0 Å². The van der Waals surface area contributed by atoms with Crippen LogP contribution in [0.25, 0.3) is 0 Å². The second-order valence-electron chi connectivity index (χ2n) is 4.58. The van der Waals surface area contributed by atoms with Gasteiger partial charge in [0.05, 0.1) is 0 Å². The Hall–Kier alpha value is -1.84. The van der Waals surface area contributed by atoms with Crippen LogP contribution < -0.4 is 10.2 Å². The van der Waals surface area contributed by atoms with E-state index >= 15 is 0 Å². The number of nitrogens with zero attached hydrogens (tertiary/aromatic N) is 1. The average Bonchev–Trinajstić information content (AvgIpc) is 2.34. The highest BCUT2D eigenvalue weighted by Crippen LogP contribution is 2.07. The first-order chi connectivity index (χ1) is 8.58. The van der Waals surface area contributed by atoms with Crippen molar-refractivity contribution in [3.05, 3.63) is 30.3 Å². The molecule has 0 unspecified atom stereocenters. The Labute approximate surface area is 108 Å². The van der Waals surface area contributed by atoms with Crippen LogP contribution in [0.5, 0.6) is 5.75 Å². The smallest absolute Gasteiger partial charge is 0.277 e. The van der Waals surface area contributed by atoms with Crippen molar-refractivity contribution in [2.24, 2.45) is 11.0 Å². The molecule has 0 aliphatic rings. The van der Waals surface area contributed by atoms with E-state index in [1.54, 1.807) is 12.1 Å². The van der Waals surface area contributed by atoms with Gasteiger partial charge in [-0.3, -0.25) is 4.79 Å². The van der Waals surface area contributed by atoms with Gasteiger partial charge in [0.1, 0.15) is 5.75 Å². The fourth-order valence-electron chi connectivity index (χ4n) is 1.49. The third kappa shape index (κ3) is 6.03. The molecule has 1 amide bonds. The maximum absolute atomic E-state index is 11.5. The number of carbonyl (C=O) groups excluding carboxylic acids is 1. The molecule has 0 atom stereocenters. The van der Waals surface area contributed by atoms with Crippen molar-refractivity contribution >= 4 is 11.6 Å². The SMILES string of the molecule is CC(CC(C)C)=NNC(=O)COc1ccccc1. The normalized spacial score (nSPS) is 11.4. The Kier molecular flexibility index (Phi) is 5.91. The molecule has 4 heteroatoms. The Morgan fingerprint density at radius 1 is 1.33 bits per heavy atom. The van der Waals surface area contributed by atoms with E-state index in [-0.39, 0.29) is 12.5 Å². The molecule has 0 saturated heterocycles. The van der Waals surface area contributed by atoms with Gasteiger partial charge in [-0.1, -0.05) is 32.0 Å². The lowest BCUT2D eigenvalue weighted by atomic mass is 10.1. The first-order valence-corrected chi connectivity index (χ1v) is 6.07. The second kappa shape index (κ2) is 7.48. The molecule has 18 heavy (non-hydrogen) atoms. The summed E-state index contributed by atoms with van der Waals surface area (Å²) in [4.78, 5) is 11.5. The van der Waals surface area contributed by atoms with Crippen LogP contribution in [0.1, 0.15) is 27.2 Å². The first-order valence-electron chi connectivity index (χ1n) is 6.07. The topological polar surface area (TPSA) is 50.7 Å². The number of carbonyl (C=O) groups is 1. The molecule has 1 rings (SSSR count). The highest BCUT2D eigenvalue weighted by Gasteiger charge is 2.02. The first kappa shape index (κ1) is 14.2. The van der Waals surface area contributed by atoms with Crippen LogP contribution >= 0.6 is 0 Å². The van der Waals surface area contributed by atoms with Crippen molar-refractivity contribution in [2.75, 3.05) is 6.61 Å². The van der Waals surface area contributed by atoms with Crippen molar-refractivity contribution in [2.45, 2.75) is 27.2 Å². The van der Waals surface area contributed by atoms with Crippen LogP contribution in [0.15, 0.2) is 35.4 Å². The molecule has 1 aromatic carbocycles. The third-order valence-corrected chi connectivity index (χ3v) is 2.19. The Morgan fingerprint density at radius 3 is 2.61 bits per heavy atom. The number of para-hydroxylation sites is 1.